The molecular formula is C15H20N4. The summed E-state index contributed by atoms with van der Waals surface area (Å²) in [5.41, 5.74) is 3.30. The highest BCUT2D eigenvalue weighted by Crippen LogP contribution is 2.24. The first-order valence-electron chi connectivity index (χ1n) is 6.92. The summed E-state index contributed by atoms with van der Waals surface area (Å²) in [6, 6.07) is 6.31. The third-order valence-corrected chi connectivity index (χ3v) is 3.97. The van der Waals surface area contributed by atoms with Crippen molar-refractivity contribution in [3.05, 3.63) is 35.9 Å². The van der Waals surface area contributed by atoms with Gasteiger partial charge in [-0.1, -0.05) is 6.07 Å². The molecule has 1 aliphatic rings. The summed E-state index contributed by atoms with van der Waals surface area (Å²) in [5, 5.41) is 3.45. The molecule has 1 fully saturated rings. The van der Waals surface area contributed by atoms with Crippen molar-refractivity contribution < 1.29 is 0 Å². The largest absolute Gasteiger partial charge is 0.330 e. The average molecular weight is 256 g/mol. The van der Waals surface area contributed by atoms with Crippen LogP contribution in [0.15, 0.2) is 24.4 Å². The molecule has 4 nitrogen and oxygen atoms in total. The van der Waals surface area contributed by atoms with Crippen molar-refractivity contribution in [1.29, 1.82) is 0 Å². The van der Waals surface area contributed by atoms with E-state index in [1.807, 2.05) is 20.2 Å². The molecule has 0 bridgehead atoms. The third-order valence-electron chi connectivity index (χ3n) is 3.97. The molecule has 0 radical (unpaired) electrons. The Labute approximate surface area is 113 Å². The van der Waals surface area contributed by atoms with Crippen LogP contribution in [-0.2, 0) is 7.05 Å². The number of piperidine rings is 1. The van der Waals surface area contributed by atoms with Gasteiger partial charge in [-0.05, 0) is 38.4 Å². The Balaban J connectivity index is 1.93. The van der Waals surface area contributed by atoms with Crippen molar-refractivity contribution in [2.24, 2.45) is 7.05 Å². The fourth-order valence-corrected chi connectivity index (χ4v) is 2.67. The van der Waals surface area contributed by atoms with Crippen LogP contribution in [0.2, 0.25) is 0 Å². The van der Waals surface area contributed by atoms with Gasteiger partial charge in [0.15, 0.2) is 0 Å². The summed E-state index contributed by atoms with van der Waals surface area (Å²) in [6.07, 6.45) is 4.37. The predicted molar refractivity (Wildman–Crippen MR) is 76.0 cm³/mol. The second-order valence-electron chi connectivity index (χ2n) is 5.24. The van der Waals surface area contributed by atoms with Gasteiger partial charge in [0.1, 0.15) is 5.82 Å². The van der Waals surface area contributed by atoms with Gasteiger partial charge in [0.25, 0.3) is 0 Å². The maximum Gasteiger partial charge on any atom is 0.105 e. The van der Waals surface area contributed by atoms with E-state index in [2.05, 4.69) is 33.1 Å². The van der Waals surface area contributed by atoms with Crippen LogP contribution in [0.3, 0.4) is 0 Å². The highest BCUT2D eigenvalue weighted by molar-refractivity contribution is 5.54. The number of aryl methyl sites for hydroxylation is 1. The van der Waals surface area contributed by atoms with Crippen molar-refractivity contribution in [3.8, 4) is 11.4 Å². The number of nitrogens with one attached hydrogen (secondary N) is 1. The van der Waals surface area contributed by atoms with Crippen LogP contribution >= 0.6 is 0 Å². The molecular weight excluding hydrogens is 236 g/mol. The van der Waals surface area contributed by atoms with Gasteiger partial charge in [-0.3, -0.25) is 4.98 Å². The van der Waals surface area contributed by atoms with E-state index >= 15 is 0 Å². The lowest BCUT2D eigenvalue weighted by molar-refractivity contribution is 0.455. The highest BCUT2D eigenvalue weighted by atomic mass is 15.1. The number of nitrogens with zero attached hydrogens (tertiary/aromatic N) is 3. The molecule has 0 spiro atoms. The van der Waals surface area contributed by atoms with Crippen molar-refractivity contribution in [1.82, 2.24) is 19.9 Å². The van der Waals surface area contributed by atoms with E-state index in [1.165, 1.54) is 18.5 Å². The van der Waals surface area contributed by atoms with E-state index in [0.717, 1.165) is 30.3 Å². The Morgan fingerprint density at radius 3 is 2.95 bits per heavy atom. The fraction of sp³-hybridized carbons (Fsp3) is 0.467. The summed E-state index contributed by atoms with van der Waals surface area (Å²) < 4.78 is 2.09. The Morgan fingerprint density at radius 1 is 1.37 bits per heavy atom. The highest BCUT2D eigenvalue weighted by Gasteiger charge is 2.17. The van der Waals surface area contributed by atoms with E-state index in [-0.39, 0.29) is 0 Å². The van der Waals surface area contributed by atoms with E-state index in [4.69, 9.17) is 4.98 Å². The van der Waals surface area contributed by atoms with Crippen LogP contribution in [0, 0.1) is 6.92 Å². The molecule has 3 heterocycles. The molecule has 100 valence electrons. The molecule has 1 aliphatic heterocycles. The molecule has 1 N–H and O–H groups in total. The van der Waals surface area contributed by atoms with Crippen LogP contribution in [0.5, 0.6) is 0 Å². The summed E-state index contributed by atoms with van der Waals surface area (Å²) >= 11 is 0. The van der Waals surface area contributed by atoms with Crippen LogP contribution in [-0.4, -0.2) is 27.6 Å². The molecule has 0 amide bonds. The third kappa shape index (κ3) is 2.40. The Hall–Kier alpha value is -1.68. The molecule has 0 unspecified atom stereocenters. The van der Waals surface area contributed by atoms with Crippen molar-refractivity contribution in [2.75, 3.05) is 13.1 Å². The van der Waals surface area contributed by atoms with Gasteiger partial charge in [-0.15, -0.1) is 0 Å². The number of pyridine rings is 1. The van der Waals surface area contributed by atoms with E-state index in [0.29, 0.717) is 5.92 Å². The zero-order valence-electron chi connectivity index (χ0n) is 11.6. The standard InChI is InChI=1S/C15H20N4/c1-11-17-10-15(19(11)2)14-7-3-6-13(18-14)12-5-4-8-16-9-12/h3,6-7,10,12,16H,4-5,8-9H2,1-2H3/t12-/m1/s1. The zero-order chi connectivity index (χ0) is 13.2. The minimum absolute atomic E-state index is 0.544. The average Bonchev–Trinajstić information content (AvgIpc) is 2.80. The first-order valence-corrected chi connectivity index (χ1v) is 6.92. The van der Waals surface area contributed by atoms with Crippen molar-refractivity contribution in [2.45, 2.75) is 25.7 Å². The van der Waals surface area contributed by atoms with E-state index < -0.39 is 0 Å². The number of imidazole rings is 1. The molecule has 3 rings (SSSR count). The van der Waals surface area contributed by atoms with Gasteiger partial charge in [0, 0.05) is 25.2 Å². The minimum atomic E-state index is 0.544. The number of rotatable bonds is 2. The maximum absolute atomic E-state index is 4.84. The predicted octanol–water partition coefficient (Wildman–Crippen LogP) is 2.26. The molecule has 0 saturated carbocycles. The van der Waals surface area contributed by atoms with Crippen molar-refractivity contribution >= 4 is 0 Å². The van der Waals surface area contributed by atoms with Crippen LogP contribution < -0.4 is 5.32 Å². The zero-order valence-corrected chi connectivity index (χ0v) is 11.6. The van der Waals surface area contributed by atoms with Gasteiger partial charge in [-0.2, -0.15) is 0 Å². The lowest BCUT2D eigenvalue weighted by Crippen LogP contribution is -2.28. The summed E-state index contributed by atoms with van der Waals surface area (Å²) in [6.45, 7) is 4.19. The number of hydrogen-bond acceptors (Lipinski definition) is 3. The minimum Gasteiger partial charge on any atom is -0.330 e. The van der Waals surface area contributed by atoms with Crippen molar-refractivity contribution in [3.63, 3.8) is 0 Å². The van der Waals surface area contributed by atoms with Gasteiger partial charge in [0.05, 0.1) is 17.6 Å². The van der Waals surface area contributed by atoms with Crippen LogP contribution in [0.25, 0.3) is 11.4 Å². The second kappa shape index (κ2) is 5.13. The Morgan fingerprint density at radius 2 is 2.26 bits per heavy atom. The smallest absolute Gasteiger partial charge is 0.105 e. The van der Waals surface area contributed by atoms with Gasteiger partial charge in [-0.25, -0.2) is 4.98 Å². The fourth-order valence-electron chi connectivity index (χ4n) is 2.67. The molecule has 1 atom stereocenters. The molecule has 0 aromatic carbocycles. The van der Waals surface area contributed by atoms with Gasteiger partial charge in [0.2, 0.25) is 0 Å². The van der Waals surface area contributed by atoms with E-state index in [1.54, 1.807) is 0 Å². The SMILES string of the molecule is Cc1ncc(-c2cccc([C@@H]3CCCNC3)n2)n1C. The molecule has 2 aromatic heterocycles. The Bertz CT molecular complexity index is 567. The first kappa shape index (κ1) is 12.4. The summed E-state index contributed by atoms with van der Waals surface area (Å²) in [4.78, 5) is 9.19. The van der Waals surface area contributed by atoms with Gasteiger partial charge < -0.3 is 9.88 Å². The van der Waals surface area contributed by atoms with Crippen LogP contribution in [0.4, 0.5) is 0 Å². The maximum atomic E-state index is 4.84. The lowest BCUT2D eigenvalue weighted by atomic mass is 9.95. The topological polar surface area (TPSA) is 42.7 Å². The number of hydrogen-bond donors (Lipinski definition) is 1. The summed E-state index contributed by atoms with van der Waals surface area (Å²) in [5.74, 6) is 1.56. The van der Waals surface area contributed by atoms with Gasteiger partial charge >= 0.3 is 0 Å². The normalized spacial score (nSPS) is 19.6. The van der Waals surface area contributed by atoms with Crippen LogP contribution in [0.1, 0.15) is 30.3 Å². The summed E-state index contributed by atoms with van der Waals surface area (Å²) in [7, 11) is 2.04. The molecule has 4 heteroatoms. The number of aromatic nitrogens is 3. The first-order chi connectivity index (χ1) is 9.25. The molecule has 1 saturated heterocycles. The monoisotopic (exact) mass is 256 g/mol. The molecule has 2 aromatic rings. The molecule has 19 heavy (non-hydrogen) atoms. The lowest BCUT2D eigenvalue weighted by Gasteiger charge is -2.22. The Kier molecular flexibility index (Phi) is 3.34. The van der Waals surface area contributed by atoms with E-state index in [9.17, 15) is 0 Å². The molecule has 0 aliphatic carbocycles. The quantitative estimate of drug-likeness (QED) is 0.896. The second-order valence-corrected chi connectivity index (χ2v) is 5.24.